The van der Waals surface area contributed by atoms with Gasteiger partial charge in [0.15, 0.2) is 0 Å². The molecule has 1 heterocycles. The summed E-state index contributed by atoms with van der Waals surface area (Å²) in [5.74, 6) is 0. The second-order valence-electron chi connectivity index (χ2n) is 4.55. The number of hydrogen-bond acceptors (Lipinski definition) is 4. The van der Waals surface area contributed by atoms with E-state index in [2.05, 4.69) is 43.2 Å². The summed E-state index contributed by atoms with van der Waals surface area (Å²) in [5.41, 5.74) is 1.22. The van der Waals surface area contributed by atoms with Crippen molar-refractivity contribution < 1.29 is 5.11 Å². The monoisotopic (exact) mass is 268 g/mol. The summed E-state index contributed by atoms with van der Waals surface area (Å²) in [6, 6.07) is 4.55. The second-order valence-corrected chi connectivity index (χ2v) is 6.01. The van der Waals surface area contributed by atoms with Gasteiger partial charge >= 0.3 is 0 Å². The average Bonchev–Trinajstić information content (AvgIpc) is 2.37. The number of aliphatic hydroxyl groups is 1. The maximum atomic E-state index is 8.87. The molecule has 0 bridgehead atoms. The summed E-state index contributed by atoms with van der Waals surface area (Å²) in [6.07, 6.45) is 3.90. The zero-order valence-electron chi connectivity index (χ0n) is 11.5. The molecule has 102 valence electrons. The lowest BCUT2D eigenvalue weighted by Gasteiger charge is -2.14. The minimum atomic E-state index is 0.240. The Hall–Kier alpha value is -0.580. The van der Waals surface area contributed by atoms with Gasteiger partial charge in [-0.2, -0.15) is 0 Å². The van der Waals surface area contributed by atoms with Crippen LogP contribution in [-0.4, -0.2) is 28.5 Å². The van der Waals surface area contributed by atoms with E-state index in [0.717, 1.165) is 24.4 Å². The molecule has 0 radical (unpaired) electrons. The molecule has 0 spiro atoms. The fourth-order valence-electron chi connectivity index (χ4n) is 1.64. The lowest BCUT2D eigenvalue weighted by Crippen LogP contribution is -2.19. The van der Waals surface area contributed by atoms with Crippen LogP contribution >= 0.6 is 11.8 Å². The van der Waals surface area contributed by atoms with Gasteiger partial charge in [0.25, 0.3) is 0 Å². The van der Waals surface area contributed by atoms with Crippen molar-refractivity contribution in [3.8, 4) is 0 Å². The zero-order valence-corrected chi connectivity index (χ0v) is 12.3. The van der Waals surface area contributed by atoms with Crippen molar-refractivity contribution in [2.24, 2.45) is 0 Å². The van der Waals surface area contributed by atoms with E-state index < -0.39 is 0 Å². The van der Waals surface area contributed by atoms with Crippen LogP contribution in [0.2, 0.25) is 0 Å². The van der Waals surface area contributed by atoms with Crippen molar-refractivity contribution in [3.63, 3.8) is 0 Å². The second kappa shape index (κ2) is 8.51. The SMILES string of the molecule is CCCNC(C)c1ccc(SC(C)CCO)nc1. The molecule has 1 rings (SSSR count). The number of pyridine rings is 1. The summed E-state index contributed by atoms with van der Waals surface area (Å²) in [4.78, 5) is 4.47. The minimum Gasteiger partial charge on any atom is -0.396 e. The van der Waals surface area contributed by atoms with Crippen LogP contribution in [0.1, 0.15) is 45.2 Å². The van der Waals surface area contributed by atoms with E-state index in [1.165, 1.54) is 5.56 Å². The molecule has 0 fully saturated rings. The molecule has 0 amide bonds. The van der Waals surface area contributed by atoms with E-state index in [9.17, 15) is 0 Å². The number of aromatic nitrogens is 1. The van der Waals surface area contributed by atoms with Gasteiger partial charge in [-0.15, -0.1) is 11.8 Å². The van der Waals surface area contributed by atoms with Crippen LogP contribution < -0.4 is 5.32 Å². The maximum Gasteiger partial charge on any atom is 0.0962 e. The van der Waals surface area contributed by atoms with Gasteiger partial charge in [-0.05, 0) is 37.9 Å². The summed E-state index contributed by atoms with van der Waals surface area (Å²) >= 11 is 1.71. The van der Waals surface area contributed by atoms with Gasteiger partial charge in [0.1, 0.15) is 0 Å². The lowest BCUT2D eigenvalue weighted by molar-refractivity contribution is 0.289. The lowest BCUT2D eigenvalue weighted by atomic mass is 10.1. The van der Waals surface area contributed by atoms with Crippen molar-refractivity contribution in [3.05, 3.63) is 23.9 Å². The molecule has 0 saturated heterocycles. The van der Waals surface area contributed by atoms with Crippen LogP contribution in [0.15, 0.2) is 23.4 Å². The third-order valence-electron chi connectivity index (χ3n) is 2.82. The quantitative estimate of drug-likeness (QED) is 0.711. The molecule has 0 aliphatic rings. The van der Waals surface area contributed by atoms with E-state index in [-0.39, 0.29) is 6.61 Å². The summed E-state index contributed by atoms with van der Waals surface area (Å²) in [7, 11) is 0. The Balaban J connectivity index is 2.51. The van der Waals surface area contributed by atoms with Crippen molar-refractivity contribution in [2.45, 2.75) is 49.9 Å². The van der Waals surface area contributed by atoms with Gasteiger partial charge in [0.05, 0.1) is 5.03 Å². The van der Waals surface area contributed by atoms with Crippen LogP contribution in [0.3, 0.4) is 0 Å². The highest BCUT2D eigenvalue weighted by atomic mass is 32.2. The molecular weight excluding hydrogens is 244 g/mol. The van der Waals surface area contributed by atoms with Crippen molar-refractivity contribution in [1.82, 2.24) is 10.3 Å². The smallest absolute Gasteiger partial charge is 0.0962 e. The fourth-order valence-corrected chi connectivity index (χ4v) is 2.54. The molecule has 0 aromatic carbocycles. The van der Waals surface area contributed by atoms with E-state index in [4.69, 9.17) is 5.11 Å². The zero-order chi connectivity index (χ0) is 13.4. The summed E-state index contributed by atoms with van der Waals surface area (Å²) < 4.78 is 0. The molecule has 0 aliphatic heterocycles. The molecule has 0 saturated carbocycles. The van der Waals surface area contributed by atoms with Crippen LogP contribution in [-0.2, 0) is 0 Å². The minimum absolute atomic E-state index is 0.240. The molecule has 0 aliphatic carbocycles. The van der Waals surface area contributed by atoms with Crippen LogP contribution in [0, 0.1) is 0 Å². The summed E-state index contributed by atoms with van der Waals surface area (Å²) in [6.45, 7) is 7.71. The first-order valence-corrected chi connectivity index (χ1v) is 7.52. The largest absolute Gasteiger partial charge is 0.396 e. The predicted octanol–water partition coefficient (Wildman–Crippen LogP) is 3.01. The topological polar surface area (TPSA) is 45.1 Å². The van der Waals surface area contributed by atoms with Crippen LogP contribution in [0.25, 0.3) is 0 Å². The Morgan fingerprint density at radius 2 is 2.17 bits per heavy atom. The summed E-state index contributed by atoms with van der Waals surface area (Å²) in [5, 5.41) is 13.8. The van der Waals surface area contributed by atoms with Crippen molar-refractivity contribution >= 4 is 11.8 Å². The van der Waals surface area contributed by atoms with Gasteiger partial charge in [0.2, 0.25) is 0 Å². The highest BCUT2D eigenvalue weighted by Crippen LogP contribution is 2.24. The number of nitrogens with zero attached hydrogens (tertiary/aromatic N) is 1. The maximum absolute atomic E-state index is 8.87. The highest BCUT2D eigenvalue weighted by Gasteiger charge is 2.07. The molecule has 1 aromatic rings. The molecular formula is C14H24N2OS. The van der Waals surface area contributed by atoms with E-state index in [1.807, 2.05) is 6.20 Å². The Morgan fingerprint density at radius 3 is 2.72 bits per heavy atom. The van der Waals surface area contributed by atoms with Gasteiger partial charge in [-0.25, -0.2) is 4.98 Å². The van der Waals surface area contributed by atoms with Crippen molar-refractivity contribution in [1.29, 1.82) is 0 Å². The Bertz CT molecular complexity index is 329. The predicted molar refractivity (Wildman–Crippen MR) is 78.0 cm³/mol. The molecule has 1 aromatic heterocycles. The first-order chi connectivity index (χ1) is 8.67. The first-order valence-electron chi connectivity index (χ1n) is 6.64. The highest BCUT2D eigenvalue weighted by molar-refractivity contribution is 7.99. The number of rotatable bonds is 8. The van der Waals surface area contributed by atoms with Gasteiger partial charge < -0.3 is 10.4 Å². The number of nitrogens with one attached hydrogen (secondary N) is 1. The van der Waals surface area contributed by atoms with Crippen molar-refractivity contribution in [2.75, 3.05) is 13.2 Å². The van der Waals surface area contributed by atoms with Crippen LogP contribution in [0.5, 0.6) is 0 Å². The number of aliphatic hydroxyl groups excluding tert-OH is 1. The number of thioether (sulfide) groups is 1. The van der Waals surface area contributed by atoms with Gasteiger partial charge in [-0.1, -0.05) is 19.9 Å². The van der Waals surface area contributed by atoms with Gasteiger partial charge in [-0.3, -0.25) is 0 Å². The fraction of sp³-hybridized carbons (Fsp3) is 0.643. The normalized spacial score (nSPS) is 14.4. The molecule has 2 unspecified atom stereocenters. The Labute approximate surface area is 114 Å². The standard InChI is InChI=1S/C14H24N2OS/c1-4-8-15-12(3)13-5-6-14(16-10-13)18-11(2)7-9-17/h5-6,10-12,15,17H,4,7-9H2,1-3H3. The van der Waals surface area contributed by atoms with Gasteiger partial charge in [0, 0.05) is 24.1 Å². The molecule has 18 heavy (non-hydrogen) atoms. The third kappa shape index (κ3) is 5.38. The van der Waals surface area contributed by atoms with E-state index in [0.29, 0.717) is 11.3 Å². The van der Waals surface area contributed by atoms with E-state index >= 15 is 0 Å². The molecule has 3 nitrogen and oxygen atoms in total. The molecule has 2 atom stereocenters. The number of hydrogen-bond donors (Lipinski definition) is 2. The Morgan fingerprint density at radius 1 is 1.39 bits per heavy atom. The molecule has 2 N–H and O–H groups in total. The molecule has 4 heteroatoms. The third-order valence-corrected chi connectivity index (χ3v) is 3.94. The Kier molecular flexibility index (Phi) is 7.32. The van der Waals surface area contributed by atoms with E-state index in [1.54, 1.807) is 11.8 Å². The average molecular weight is 268 g/mol. The first kappa shape index (κ1) is 15.5. The van der Waals surface area contributed by atoms with Crippen LogP contribution in [0.4, 0.5) is 0 Å².